The van der Waals surface area contributed by atoms with Gasteiger partial charge in [0.15, 0.2) is 0 Å². The molecule has 0 atom stereocenters. The molecule has 0 spiro atoms. The quantitative estimate of drug-likeness (QED) is 0.841. The first kappa shape index (κ1) is 17.9. The van der Waals surface area contributed by atoms with Gasteiger partial charge in [-0.05, 0) is 36.8 Å². The Kier molecular flexibility index (Phi) is 5.22. The van der Waals surface area contributed by atoms with Crippen molar-refractivity contribution < 1.29 is 17.9 Å². The Labute approximate surface area is 152 Å². The fourth-order valence-corrected chi connectivity index (χ4v) is 3.74. The van der Waals surface area contributed by atoms with E-state index in [9.17, 15) is 13.2 Å². The van der Waals surface area contributed by atoms with Gasteiger partial charge in [-0.2, -0.15) is 0 Å². The van der Waals surface area contributed by atoms with Crippen molar-refractivity contribution >= 4 is 27.5 Å². The van der Waals surface area contributed by atoms with Gasteiger partial charge in [-0.1, -0.05) is 18.2 Å². The molecule has 1 aliphatic rings. The van der Waals surface area contributed by atoms with Gasteiger partial charge in [0.2, 0.25) is 0 Å². The number of methoxy groups -OCH3 is 1. The van der Waals surface area contributed by atoms with E-state index in [4.69, 9.17) is 4.74 Å². The Bertz CT molecular complexity index is 954. The lowest BCUT2D eigenvalue weighted by atomic mass is 10.2. The average molecular weight is 373 g/mol. The maximum absolute atomic E-state index is 12.5. The number of nitrogens with zero attached hydrogens (tertiary/aromatic N) is 1. The van der Waals surface area contributed by atoms with Crippen LogP contribution in [0.5, 0.6) is 5.75 Å². The average Bonchev–Trinajstić information content (AvgIpc) is 3.14. The molecule has 2 aromatic carbocycles. The summed E-state index contributed by atoms with van der Waals surface area (Å²) in [5.74, 6) is 0.522. The molecule has 1 aliphatic heterocycles. The van der Waals surface area contributed by atoms with Crippen LogP contribution in [0.2, 0.25) is 0 Å². The highest BCUT2D eigenvalue weighted by molar-refractivity contribution is 7.90. The monoisotopic (exact) mass is 373 g/mol. The Morgan fingerprint density at radius 3 is 2.69 bits per heavy atom. The molecule has 1 amide bonds. The predicted octanol–water partition coefficient (Wildman–Crippen LogP) is 2.42. The lowest BCUT2D eigenvalue weighted by Crippen LogP contribution is -2.29. The van der Waals surface area contributed by atoms with Gasteiger partial charge < -0.3 is 10.1 Å². The van der Waals surface area contributed by atoms with E-state index in [0.717, 1.165) is 6.42 Å². The molecule has 136 valence electrons. The molecule has 1 heterocycles. The summed E-state index contributed by atoms with van der Waals surface area (Å²) in [6.45, 7) is 0.632. The van der Waals surface area contributed by atoms with Crippen molar-refractivity contribution in [1.29, 1.82) is 0 Å². The minimum absolute atomic E-state index is 0.0601. The van der Waals surface area contributed by atoms with Crippen LogP contribution in [-0.4, -0.2) is 33.8 Å². The van der Waals surface area contributed by atoms with Gasteiger partial charge in [0.05, 0.1) is 17.6 Å². The number of carbonyl (C=O) groups is 1. The van der Waals surface area contributed by atoms with Gasteiger partial charge in [-0.25, -0.2) is 8.42 Å². The first-order valence-electron chi connectivity index (χ1n) is 8.10. The third kappa shape index (κ3) is 4.02. The first-order chi connectivity index (χ1) is 12.5. The number of sulfonamides is 1. The first-order valence-corrected chi connectivity index (χ1v) is 9.58. The summed E-state index contributed by atoms with van der Waals surface area (Å²) in [5.41, 5.74) is 0.735. The third-order valence-electron chi connectivity index (χ3n) is 3.88. The van der Waals surface area contributed by atoms with Crippen LogP contribution in [0, 0.1) is 0 Å². The van der Waals surface area contributed by atoms with Crippen LogP contribution in [0.1, 0.15) is 23.2 Å². The SMILES string of the molecule is COc1ccccc1C(=O)Nc1cccc(S(=O)(=O)NC2=NCCC2)c1. The molecule has 26 heavy (non-hydrogen) atoms. The van der Waals surface area contributed by atoms with Gasteiger partial charge >= 0.3 is 0 Å². The second-order valence-corrected chi connectivity index (χ2v) is 7.40. The molecule has 0 aliphatic carbocycles. The highest BCUT2D eigenvalue weighted by Gasteiger charge is 2.19. The molecular weight excluding hydrogens is 354 g/mol. The molecule has 0 aromatic heterocycles. The lowest BCUT2D eigenvalue weighted by Gasteiger charge is -2.11. The minimum Gasteiger partial charge on any atom is -0.496 e. The number of rotatable bonds is 5. The smallest absolute Gasteiger partial charge is 0.262 e. The van der Waals surface area contributed by atoms with E-state index in [1.165, 1.54) is 19.2 Å². The highest BCUT2D eigenvalue weighted by Crippen LogP contribution is 2.21. The number of amides is 1. The fourth-order valence-electron chi connectivity index (χ4n) is 2.61. The van der Waals surface area contributed by atoms with E-state index in [2.05, 4.69) is 15.0 Å². The van der Waals surface area contributed by atoms with Crippen molar-refractivity contribution in [2.24, 2.45) is 4.99 Å². The van der Waals surface area contributed by atoms with Gasteiger partial charge in [0.1, 0.15) is 11.6 Å². The van der Waals surface area contributed by atoms with E-state index in [0.29, 0.717) is 35.8 Å². The number of hydrogen-bond acceptors (Lipinski definition) is 5. The molecule has 0 saturated heterocycles. The zero-order valence-electron chi connectivity index (χ0n) is 14.2. The van der Waals surface area contributed by atoms with Crippen LogP contribution in [0.25, 0.3) is 0 Å². The standard InChI is InChI=1S/C18H19N3O4S/c1-25-16-9-3-2-8-15(16)18(22)20-13-6-4-7-14(12-13)26(23,24)21-17-10-5-11-19-17/h2-4,6-9,12H,5,10-11H2,1H3,(H,19,21)(H,20,22). The van der Waals surface area contributed by atoms with Gasteiger partial charge in [-0.15, -0.1) is 0 Å². The van der Waals surface area contributed by atoms with Crippen LogP contribution in [0.4, 0.5) is 5.69 Å². The van der Waals surface area contributed by atoms with E-state index in [1.807, 2.05) is 0 Å². The normalized spacial score (nSPS) is 13.8. The van der Waals surface area contributed by atoms with Crippen molar-refractivity contribution in [3.63, 3.8) is 0 Å². The molecule has 0 unspecified atom stereocenters. The topological polar surface area (TPSA) is 96.9 Å². The number of benzene rings is 2. The van der Waals surface area contributed by atoms with Crippen LogP contribution < -0.4 is 14.8 Å². The Balaban J connectivity index is 1.80. The van der Waals surface area contributed by atoms with Crippen LogP contribution >= 0.6 is 0 Å². The summed E-state index contributed by atoms with van der Waals surface area (Å²) in [4.78, 5) is 16.6. The number of nitrogens with one attached hydrogen (secondary N) is 2. The van der Waals surface area contributed by atoms with E-state index < -0.39 is 10.0 Å². The van der Waals surface area contributed by atoms with Gasteiger partial charge in [-0.3, -0.25) is 14.5 Å². The van der Waals surface area contributed by atoms with Gasteiger partial charge in [0, 0.05) is 18.7 Å². The summed E-state index contributed by atoms with van der Waals surface area (Å²) in [6, 6.07) is 12.9. The van der Waals surface area contributed by atoms with Crippen molar-refractivity contribution in [2.75, 3.05) is 19.0 Å². The van der Waals surface area contributed by atoms with Crippen LogP contribution in [-0.2, 0) is 10.0 Å². The van der Waals surface area contributed by atoms with E-state index in [-0.39, 0.29) is 10.8 Å². The number of para-hydroxylation sites is 1. The molecule has 0 saturated carbocycles. The van der Waals surface area contributed by atoms with Crippen molar-refractivity contribution in [3.05, 3.63) is 54.1 Å². The molecule has 7 nitrogen and oxygen atoms in total. The summed E-state index contributed by atoms with van der Waals surface area (Å²) >= 11 is 0. The van der Waals surface area contributed by atoms with Crippen molar-refractivity contribution in [1.82, 2.24) is 4.72 Å². The largest absolute Gasteiger partial charge is 0.496 e. The molecular formula is C18H19N3O4S. The molecule has 3 rings (SSSR count). The molecule has 0 bridgehead atoms. The Morgan fingerprint density at radius 1 is 1.15 bits per heavy atom. The number of carbonyl (C=O) groups excluding carboxylic acids is 1. The second kappa shape index (κ2) is 7.57. The van der Waals surface area contributed by atoms with Crippen molar-refractivity contribution in [2.45, 2.75) is 17.7 Å². The Hall–Kier alpha value is -2.87. The molecule has 2 aromatic rings. The maximum Gasteiger partial charge on any atom is 0.262 e. The number of amidine groups is 1. The second-order valence-electron chi connectivity index (χ2n) is 5.72. The summed E-state index contributed by atoms with van der Waals surface area (Å²) in [5, 5.41) is 2.70. The van der Waals surface area contributed by atoms with Gasteiger partial charge in [0.25, 0.3) is 15.9 Å². The van der Waals surface area contributed by atoms with E-state index in [1.54, 1.807) is 36.4 Å². The zero-order chi connectivity index (χ0) is 18.6. The van der Waals surface area contributed by atoms with Crippen molar-refractivity contribution in [3.8, 4) is 5.75 Å². The maximum atomic E-state index is 12.5. The number of ether oxygens (including phenoxy) is 1. The van der Waals surface area contributed by atoms with Crippen LogP contribution in [0.15, 0.2) is 58.4 Å². The highest BCUT2D eigenvalue weighted by atomic mass is 32.2. The molecule has 2 N–H and O–H groups in total. The predicted molar refractivity (Wildman–Crippen MR) is 99.2 cm³/mol. The van der Waals surface area contributed by atoms with E-state index >= 15 is 0 Å². The summed E-state index contributed by atoms with van der Waals surface area (Å²) < 4.78 is 32.6. The zero-order valence-corrected chi connectivity index (χ0v) is 15.0. The lowest BCUT2D eigenvalue weighted by molar-refractivity contribution is 0.102. The number of hydrogen-bond donors (Lipinski definition) is 2. The third-order valence-corrected chi connectivity index (χ3v) is 5.26. The number of aliphatic imine (C=N–C) groups is 1. The molecule has 8 heteroatoms. The summed E-state index contributed by atoms with van der Waals surface area (Å²) in [6.07, 6.45) is 1.45. The van der Waals surface area contributed by atoms with Crippen LogP contribution in [0.3, 0.4) is 0 Å². The molecule has 0 fully saturated rings. The summed E-state index contributed by atoms with van der Waals surface area (Å²) in [7, 11) is -2.25. The number of anilines is 1. The Morgan fingerprint density at radius 2 is 1.96 bits per heavy atom. The fraction of sp³-hybridized carbons (Fsp3) is 0.222. The molecule has 0 radical (unpaired) electrons. The minimum atomic E-state index is -3.74.